The van der Waals surface area contributed by atoms with Gasteiger partial charge in [-0.05, 0) is 68.5 Å². The van der Waals surface area contributed by atoms with Crippen LogP contribution in [-0.4, -0.2) is 92.6 Å². The number of hydrogen-bond donors (Lipinski definition) is 3. The van der Waals surface area contributed by atoms with E-state index in [-0.39, 0.29) is 30.0 Å². The molecule has 2 fully saturated rings. The van der Waals surface area contributed by atoms with Crippen LogP contribution in [0.3, 0.4) is 0 Å². The Morgan fingerprint density at radius 2 is 1.82 bits per heavy atom. The van der Waals surface area contributed by atoms with Gasteiger partial charge in [-0.1, -0.05) is 12.1 Å². The number of aromatic nitrogens is 1. The molecule has 2 saturated heterocycles. The zero-order chi connectivity index (χ0) is 27.6. The van der Waals surface area contributed by atoms with E-state index in [0.29, 0.717) is 19.6 Å². The summed E-state index contributed by atoms with van der Waals surface area (Å²) in [5, 5.41) is 13.4. The molecule has 1 aromatic heterocycles. The zero-order valence-corrected chi connectivity index (χ0v) is 23.6. The minimum atomic E-state index is -3.89. The van der Waals surface area contributed by atoms with Crippen molar-refractivity contribution in [2.24, 2.45) is 0 Å². The Morgan fingerprint density at radius 1 is 1.08 bits per heavy atom. The van der Waals surface area contributed by atoms with Gasteiger partial charge in [0, 0.05) is 73.7 Å². The lowest BCUT2D eigenvalue weighted by molar-refractivity contribution is -0.132. The lowest BCUT2D eigenvalue weighted by atomic mass is 10.1. The summed E-state index contributed by atoms with van der Waals surface area (Å²) < 4.78 is 28.5. The number of fused-ring (bicyclic) bond motifs is 1. The lowest BCUT2D eigenvalue weighted by Crippen LogP contribution is -2.48. The maximum absolute atomic E-state index is 13.7. The van der Waals surface area contributed by atoms with Crippen LogP contribution in [0.25, 0.3) is 22.2 Å². The van der Waals surface area contributed by atoms with Crippen LogP contribution in [-0.2, 0) is 14.8 Å². The smallest absolute Gasteiger partial charge is 0.243 e. The third-order valence-corrected chi connectivity index (χ3v) is 9.74. The van der Waals surface area contributed by atoms with Crippen LogP contribution >= 0.6 is 0 Å². The van der Waals surface area contributed by atoms with Crippen molar-refractivity contribution < 1.29 is 18.3 Å². The molecule has 0 atom stereocenters. The van der Waals surface area contributed by atoms with Gasteiger partial charge in [0.2, 0.25) is 15.9 Å². The second kappa shape index (κ2) is 11.7. The summed E-state index contributed by atoms with van der Waals surface area (Å²) in [5.74, 6) is -0.193. The number of H-pyrrole nitrogens is 1. The van der Waals surface area contributed by atoms with Gasteiger partial charge in [0.15, 0.2) is 0 Å². The quantitative estimate of drug-likeness (QED) is 0.376. The Hall–Kier alpha value is -2.92. The molecule has 0 unspecified atom stereocenters. The predicted molar refractivity (Wildman–Crippen MR) is 154 cm³/mol. The molecule has 3 N–H and O–H groups in total. The average Bonchev–Trinajstić information content (AvgIpc) is 3.62. The molecule has 0 spiro atoms. The normalized spacial score (nSPS) is 17.0. The third kappa shape index (κ3) is 5.99. The van der Waals surface area contributed by atoms with E-state index in [9.17, 15) is 13.2 Å². The fourth-order valence-corrected chi connectivity index (χ4v) is 6.82. The summed E-state index contributed by atoms with van der Waals surface area (Å²) in [7, 11) is -2.41. The number of piperidine rings is 1. The summed E-state index contributed by atoms with van der Waals surface area (Å²) in [6.45, 7) is 5.51. The van der Waals surface area contributed by atoms with Gasteiger partial charge in [0.25, 0.3) is 0 Å². The van der Waals surface area contributed by atoms with Crippen molar-refractivity contribution >= 4 is 32.5 Å². The largest absolute Gasteiger partial charge is 0.395 e. The van der Waals surface area contributed by atoms with Crippen molar-refractivity contribution in [3.63, 3.8) is 0 Å². The fourth-order valence-electron chi connectivity index (χ4n) is 5.67. The van der Waals surface area contributed by atoms with Crippen LogP contribution in [0.15, 0.2) is 47.4 Å². The van der Waals surface area contributed by atoms with Gasteiger partial charge >= 0.3 is 0 Å². The molecular formula is C29H39N5O4S. The maximum atomic E-state index is 13.7. The number of aryl methyl sites for hydroxylation is 1. The summed E-state index contributed by atoms with van der Waals surface area (Å²) in [4.78, 5) is 20.7. The number of aromatic amines is 1. The number of likely N-dealkylation sites (N-methyl/N-ethyl adjacent to an activating group) is 1. The van der Waals surface area contributed by atoms with Gasteiger partial charge < -0.3 is 25.2 Å². The number of anilines is 1. The number of carbonyl (C=O) groups is 1. The van der Waals surface area contributed by atoms with Gasteiger partial charge in [0.05, 0.1) is 18.0 Å². The topological polar surface area (TPSA) is 109 Å². The van der Waals surface area contributed by atoms with E-state index in [0.717, 1.165) is 76.5 Å². The van der Waals surface area contributed by atoms with Crippen LogP contribution in [0.1, 0.15) is 31.2 Å². The van der Waals surface area contributed by atoms with E-state index in [4.69, 9.17) is 5.11 Å². The van der Waals surface area contributed by atoms with Crippen molar-refractivity contribution in [1.29, 1.82) is 0 Å². The number of hydrogen-bond acceptors (Lipinski definition) is 6. The van der Waals surface area contributed by atoms with Gasteiger partial charge in [-0.15, -0.1) is 0 Å². The van der Waals surface area contributed by atoms with Crippen molar-refractivity contribution in [1.82, 2.24) is 19.5 Å². The van der Waals surface area contributed by atoms with E-state index in [1.54, 1.807) is 17.0 Å². The first-order valence-electron chi connectivity index (χ1n) is 13.8. The summed E-state index contributed by atoms with van der Waals surface area (Å²) in [6, 6.07) is 13.9. The minimum Gasteiger partial charge on any atom is -0.395 e. The number of benzene rings is 2. The highest BCUT2D eigenvalue weighted by Gasteiger charge is 2.29. The van der Waals surface area contributed by atoms with Crippen molar-refractivity contribution in [2.75, 3.05) is 57.8 Å². The highest BCUT2D eigenvalue weighted by Crippen LogP contribution is 2.36. The maximum Gasteiger partial charge on any atom is 0.243 e. The Morgan fingerprint density at radius 3 is 2.54 bits per heavy atom. The molecule has 2 aliphatic rings. The minimum absolute atomic E-state index is 0.0858. The fraction of sp³-hybridized carbons (Fsp3) is 0.483. The van der Waals surface area contributed by atoms with E-state index in [2.05, 4.69) is 46.4 Å². The van der Waals surface area contributed by atoms with Gasteiger partial charge in [0.1, 0.15) is 0 Å². The van der Waals surface area contributed by atoms with Crippen molar-refractivity contribution in [3.8, 4) is 11.3 Å². The number of aliphatic hydroxyl groups is 1. The highest BCUT2D eigenvalue weighted by molar-refractivity contribution is 7.89. The number of likely N-dealkylation sites (tertiary alicyclic amines) is 1. The molecule has 3 aromatic rings. The number of nitrogens with one attached hydrogen (secondary N) is 2. The van der Waals surface area contributed by atoms with Crippen LogP contribution in [0, 0.1) is 6.92 Å². The predicted octanol–water partition coefficient (Wildman–Crippen LogP) is 2.94. The molecule has 2 aromatic carbocycles. The molecule has 9 nitrogen and oxygen atoms in total. The number of aliphatic hydroxyl groups excluding tert-OH is 1. The number of sulfonamides is 1. The summed E-state index contributed by atoms with van der Waals surface area (Å²) in [6.07, 6.45) is 3.80. The molecule has 0 radical (unpaired) electrons. The molecule has 39 heavy (non-hydrogen) atoms. The first-order chi connectivity index (χ1) is 18.8. The Kier molecular flexibility index (Phi) is 8.27. The second-order valence-corrected chi connectivity index (χ2v) is 12.8. The first kappa shape index (κ1) is 27.6. The standard InChI is InChI=1S/C29H39N5O4S/c1-21-5-6-22-18-27(31-26(22)17-21)25-19-24(7-8-28(25)33-12-3-4-13-33)39(37,38)32(2)20-29(36)34-14-9-23(10-15-34)30-11-16-35/h5-8,17-19,23,30-31,35H,3-4,9-16,20H2,1-2H3. The van der Waals surface area contributed by atoms with Crippen LogP contribution in [0.4, 0.5) is 5.69 Å². The Balaban J connectivity index is 1.37. The second-order valence-electron chi connectivity index (χ2n) is 10.7. The monoisotopic (exact) mass is 553 g/mol. The van der Waals surface area contributed by atoms with Crippen LogP contribution in [0.2, 0.25) is 0 Å². The van der Waals surface area contributed by atoms with E-state index < -0.39 is 10.0 Å². The Labute approximate surface area is 230 Å². The number of carbonyl (C=O) groups excluding carboxylic acids is 1. The average molecular weight is 554 g/mol. The SMILES string of the molecule is Cc1ccc2cc(-c3cc(S(=O)(=O)N(C)CC(=O)N4CCC(NCCO)CC4)ccc3N3CCCC3)[nH]c2c1. The molecule has 10 heteroatoms. The molecule has 3 heterocycles. The van der Waals surface area contributed by atoms with E-state index in [1.165, 1.54) is 7.05 Å². The van der Waals surface area contributed by atoms with Gasteiger partial charge in [-0.3, -0.25) is 4.79 Å². The lowest BCUT2D eigenvalue weighted by Gasteiger charge is -2.33. The van der Waals surface area contributed by atoms with E-state index in [1.807, 2.05) is 6.07 Å². The van der Waals surface area contributed by atoms with Gasteiger partial charge in [-0.25, -0.2) is 8.42 Å². The summed E-state index contributed by atoms with van der Waals surface area (Å²) in [5.41, 5.74) is 4.92. The highest BCUT2D eigenvalue weighted by atomic mass is 32.2. The molecule has 5 rings (SSSR count). The van der Waals surface area contributed by atoms with Gasteiger partial charge in [-0.2, -0.15) is 4.31 Å². The zero-order valence-electron chi connectivity index (χ0n) is 22.8. The first-order valence-corrected chi connectivity index (χ1v) is 15.3. The molecule has 0 bridgehead atoms. The Bertz CT molecular complexity index is 1420. The van der Waals surface area contributed by atoms with Crippen molar-refractivity contribution in [3.05, 3.63) is 48.0 Å². The van der Waals surface area contributed by atoms with Crippen LogP contribution < -0.4 is 10.2 Å². The van der Waals surface area contributed by atoms with Crippen LogP contribution in [0.5, 0.6) is 0 Å². The molecule has 210 valence electrons. The number of nitrogens with zero attached hydrogens (tertiary/aromatic N) is 3. The molecule has 1 amide bonds. The molecule has 0 aliphatic carbocycles. The summed E-state index contributed by atoms with van der Waals surface area (Å²) >= 11 is 0. The number of amides is 1. The van der Waals surface area contributed by atoms with Crippen molar-refractivity contribution in [2.45, 2.75) is 43.5 Å². The van der Waals surface area contributed by atoms with E-state index >= 15 is 0 Å². The third-order valence-electron chi connectivity index (χ3n) is 7.94. The number of rotatable bonds is 9. The molecule has 0 saturated carbocycles. The molecule has 2 aliphatic heterocycles. The molecular weight excluding hydrogens is 514 g/mol.